The summed E-state index contributed by atoms with van der Waals surface area (Å²) in [5, 5.41) is 6.92. The van der Waals surface area contributed by atoms with Crippen LogP contribution < -0.4 is 5.32 Å². The lowest BCUT2D eigenvalue weighted by Crippen LogP contribution is -2.49. The molecule has 1 aliphatic heterocycles. The van der Waals surface area contributed by atoms with Crippen LogP contribution in [0.2, 0.25) is 5.02 Å². The lowest BCUT2D eigenvalue weighted by Gasteiger charge is -2.43. The molecule has 5 heteroatoms. The maximum Gasteiger partial charge on any atom is 0.201 e. The number of halogens is 1. The summed E-state index contributed by atoms with van der Waals surface area (Å²) >= 11 is 5.98. The van der Waals surface area contributed by atoms with Crippen LogP contribution in [-0.4, -0.2) is 24.5 Å². The van der Waals surface area contributed by atoms with Crippen LogP contribution in [0.1, 0.15) is 31.2 Å². The number of fused-ring (bicyclic) bond motifs is 1. The molecule has 0 bridgehead atoms. The monoisotopic (exact) mass is 435 g/mol. The van der Waals surface area contributed by atoms with Crippen LogP contribution in [0.4, 0.5) is 5.69 Å². The van der Waals surface area contributed by atoms with Gasteiger partial charge in [-0.1, -0.05) is 66.7 Å². The Kier molecular flexibility index (Phi) is 5.72. The topological polar surface area (TPSA) is 39.7 Å². The molecule has 0 radical (unpaired) electrons. The summed E-state index contributed by atoms with van der Waals surface area (Å²) in [6.45, 7) is 4.59. The molecule has 1 heterocycles. The third kappa shape index (κ3) is 4.35. The van der Waals surface area contributed by atoms with Crippen LogP contribution in [0.3, 0.4) is 0 Å². The van der Waals surface area contributed by atoms with Gasteiger partial charge in [0.15, 0.2) is 0 Å². The first-order valence-electron chi connectivity index (χ1n) is 10.8. The molecule has 1 saturated carbocycles. The van der Waals surface area contributed by atoms with Crippen LogP contribution in [0.15, 0.2) is 73.3 Å². The van der Waals surface area contributed by atoms with Crippen molar-refractivity contribution < 1.29 is 14.5 Å². The highest BCUT2D eigenvalue weighted by atomic mass is 35.5. The van der Waals surface area contributed by atoms with Gasteiger partial charge in [-0.15, -0.1) is 0 Å². The Morgan fingerprint density at radius 1 is 0.968 bits per heavy atom. The maximum absolute atomic E-state index is 6.19. The van der Waals surface area contributed by atoms with E-state index < -0.39 is 5.79 Å². The fourth-order valence-corrected chi connectivity index (χ4v) is 4.56. The molecule has 3 aromatic rings. The molecule has 1 unspecified atom stereocenters. The molecule has 2 aliphatic rings. The standard InChI is InChI=1S/C26H26ClNO3/c1-18(19-9-11-21(27)12-10-19)25-17-29-26(31-30-25)15-13-22(14-16-26)28-24-8-4-6-20-5-2-3-7-23(20)24/h2-12,22,25,28H,1,13-17H2. The fraction of sp³-hybridized carbons (Fsp3) is 0.308. The third-order valence-corrected chi connectivity index (χ3v) is 6.57. The lowest BCUT2D eigenvalue weighted by atomic mass is 9.89. The zero-order valence-electron chi connectivity index (χ0n) is 17.4. The quantitative estimate of drug-likeness (QED) is 0.468. The van der Waals surface area contributed by atoms with Gasteiger partial charge < -0.3 is 10.1 Å². The second kappa shape index (κ2) is 8.64. The number of rotatable bonds is 4. The Morgan fingerprint density at radius 3 is 2.45 bits per heavy atom. The predicted molar refractivity (Wildman–Crippen MR) is 125 cm³/mol. The van der Waals surface area contributed by atoms with E-state index in [0.29, 0.717) is 17.7 Å². The molecule has 1 aliphatic carbocycles. The van der Waals surface area contributed by atoms with Crippen molar-refractivity contribution in [3.63, 3.8) is 0 Å². The van der Waals surface area contributed by atoms with E-state index in [1.165, 1.54) is 16.5 Å². The second-order valence-corrected chi connectivity index (χ2v) is 8.80. The summed E-state index contributed by atoms with van der Waals surface area (Å²) < 4.78 is 6.19. The van der Waals surface area contributed by atoms with Gasteiger partial charge in [0.25, 0.3) is 0 Å². The first-order chi connectivity index (χ1) is 15.1. The average Bonchev–Trinajstić information content (AvgIpc) is 2.82. The molecule has 2 fully saturated rings. The molecule has 3 aromatic carbocycles. The molecule has 5 rings (SSSR count). The van der Waals surface area contributed by atoms with E-state index in [1.54, 1.807) is 0 Å². The highest BCUT2D eigenvalue weighted by Gasteiger charge is 2.43. The van der Waals surface area contributed by atoms with Crippen molar-refractivity contribution >= 4 is 33.6 Å². The summed E-state index contributed by atoms with van der Waals surface area (Å²) in [6, 6.07) is 22.8. The second-order valence-electron chi connectivity index (χ2n) is 8.37. The van der Waals surface area contributed by atoms with Crippen LogP contribution in [0.5, 0.6) is 0 Å². The number of hydrogen-bond acceptors (Lipinski definition) is 4. The summed E-state index contributed by atoms with van der Waals surface area (Å²) in [5.74, 6) is -0.659. The normalized spacial score (nSPS) is 26.1. The molecule has 160 valence electrons. The molecule has 0 amide bonds. The van der Waals surface area contributed by atoms with Crippen LogP contribution in [-0.2, 0) is 14.5 Å². The molecular formula is C26H26ClNO3. The van der Waals surface area contributed by atoms with Gasteiger partial charge in [0.2, 0.25) is 5.79 Å². The van der Waals surface area contributed by atoms with Crippen molar-refractivity contribution in [1.82, 2.24) is 0 Å². The first-order valence-corrected chi connectivity index (χ1v) is 11.2. The maximum atomic E-state index is 6.19. The van der Waals surface area contributed by atoms with Gasteiger partial charge >= 0.3 is 0 Å². The summed E-state index contributed by atoms with van der Waals surface area (Å²) in [4.78, 5) is 11.6. The van der Waals surface area contributed by atoms with E-state index in [2.05, 4.69) is 54.4 Å². The summed E-state index contributed by atoms with van der Waals surface area (Å²) in [6.07, 6.45) is 3.16. The van der Waals surface area contributed by atoms with Gasteiger partial charge in [-0.25, -0.2) is 9.78 Å². The van der Waals surface area contributed by atoms with Gasteiger partial charge in [0.1, 0.15) is 6.10 Å². The van der Waals surface area contributed by atoms with Gasteiger partial charge in [-0.2, -0.15) is 0 Å². The predicted octanol–water partition coefficient (Wildman–Crippen LogP) is 6.60. The SMILES string of the molecule is C=C(c1ccc(Cl)cc1)C1COC2(CCC(Nc3cccc4ccccc34)CC2)OO1. The van der Waals surface area contributed by atoms with Gasteiger partial charge in [0, 0.05) is 35.0 Å². The number of hydrogen-bond donors (Lipinski definition) is 1. The van der Waals surface area contributed by atoms with Crippen molar-refractivity contribution in [1.29, 1.82) is 0 Å². The molecule has 1 spiro atoms. The Bertz CT molecular complexity index is 1060. The Labute approximate surface area is 187 Å². The molecule has 4 nitrogen and oxygen atoms in total. The zero-order valence-corrected chi connectivity index (χ0v) is 18.1. The van der Waals surface area contributed by atoms with Gasteiger partial charge in [-0.3, -0.25) is 0 Å². The molecule has 31 heavy (non-hydrogen) atoms. The van der Waals surface area contributed by atoms with E-state index in [-0.39, 0.29) is 6.10 Å². The molecular weight excluding hydrogens is 410 g/mol. The van der Waals surface area contributed by atoms with Crippen molar-refractivity contribution in [2.75, 3.05) is 11.9 Å². The molecule has 1 saturated heterocycles. The zero-order chi connectivity index (χ0) is 21.3. The van der Waals surface area contributed by atoms with E-state index >= 15 is 0 Å². The number of nitrogens with one attached hydrogen (secondary N) is 1. The summed E-state index contributed by atoms with van der Waals surface area (Å²) in [5.41, 5.74) is 2.98. The van der Waals surface area contributed by atoms with E-state index in [9.17, 15) is 0 Å². The largest absolute Gasteiger partial charge is 0.382 e. The molecule has 1 atom stereocenters. The van der Waals surface area contributed by atoms with E-state index in [0.717, 1.165) is 36.8 Å². The van der Waals surface area contributed by atoms with Gasteiger partial charge in [-0.05, 0) is 47.6 Å². The number of benzene rings is 3. The van der Waals surface area contributed by atoms with Crippen LogP contribution in [0, 0.1) is 0 Å². The van der Waals surface area contributed by atoms with Crippen LogP contribution in [0.25, 0.3) is 16.3 Å². The minimum atomic E-state index is -0.659. The Hall–Kier alpha value is -2.37. The third-order valence-electron chi connectivity index (χ3n) is 6.31. The van der Waals surface area contributed by atoms with Crippen molar-refractivity contribution in [2.24, 2.45) is 0 Å². The smallest absolute Gasteiger partial charge is 0.201 e. The minimum absolute atomic E-state index is 0.321. The highest BCUT2D eigenvalue weighted by molar-refractivity contribution is 6.30. The molecule has 0 aromatic heterocycles. The molecule has 1 N–H and O–H groups in total. The average molecular weight is 436 g/mol. The lowest BCUT2D eigenvalue weighted by molar-refractivity contribution is -0.483. The van der Waals surface area contributed by atoms with Crippen molar-refractivity contribution in [2.45, 2.75) is 43.6 Å². The fourth-order valence-electron chi connectivity index (χ4n) is 4.43. The Morgan fingerprint density at radius 2 is 1.71 bits per heavy atom. The van der Waals surface area contributed by atoms with Crippen LogP contribution >= 0.6 is 11.6 Å². The first kappa shape index (κ1) is 20.5. The summed E-state index contributed by atoms with van der Waals surface area (Å²) in [7, 11) is 0. The van der Waals surface area contributed by atoms with E-state index in [4.69, 9.17) is 26.1 Å². The van der Waals surface area contributed by atoms with E-state index in [1.807, 2.05) is 24.3 Å². The van der Waals surface area contributed by atoms with Gasteiger partial charge in [0.05, 0.1) is 6.61 Å². The highest BCUT2D eigenvalue weighted by Crippen LogP contribution is 2.39. The van der Waals surface area contributed by atoms with Crippen molar-refractivity contribution in [3.8, 4) is 0 Å². The number of anilines is 1. The Balaban J connectivity index is 1.17. The minimum Gasteiger partial charge on any atom is -0.382 e. The number of ether oxygens (including phenoxy) is 1. The van der Waals surface area contributed by atoms with Crippen molar-refractivity contribution in [3.05, 3.63) is 83.9 Å².